The molecule has 4 rings (SSSR count). The minimum Gasteiger partial charge on any atom is -0.465 e. The summed E-state index contributed by atoms with van der Waals surface area (Å²) in [5, 5.41) is 0. The topological polar surface area (TPSA) is 92.8 Å². The van der Waals surface area contributed by atoms with Crippen LogP contribution in [0.3, 0.4) is 0 Å². The summed E-state index contributed by atoms with van der Waals surface area (Å²) in [6.07, 6.45) is 0.247. The van der Waals surface area contributed by atoms with Crippen LogP contribution in [0.5, 0.6) is 0 Å². The van der Waals surface area contributed by atoms with E-state index in [1.807, 2.05) is 0 Å². The van der Waals surface area contributed by atoms with Crippen molar-refractivity contribution in [2.24, 2.45) is 0 Å². The predicted octanol–water partition coefficient (Wildman–Crippen LogP) is 3.67. The van der Waals surface area contributed by atoms with Crippen LogP contribution in [-0.4, -0.2) is 38.8 Å². The van der Waals surface area contributed by atoms with E-state index in [4.69, 9.17) is 4.74 Å². The minimum absolute atomic E-state index is 0.0195. The minimum atomic E-state index is -4.09. The number of hydrogen-bond donors (Lipinski definition) is 1. The highest BCUT2D eigenvalue weighted by atomic mass is 32.2. The second-order valence-electron chi connectivity index (χ2n) is 7.09. The highest BCUT2D eigenvalue weighted by molar-refractivity contribution is 7.94. The van der Waals surface area contributed by atoms with Crippen molar-refractivity contribution in [3.63, 3.8) is 0 Å². The van der Waals surface area contributed by atoms with Gasteiger partial charge in [-0.15, -0.1) is 11.3 Å². The molecule has 10 heteroatoms. The number of halogens is 1. The lowest BCUT2D eigenvalue weighted by Crippen LogP contribution is -2.36. The van der Waals surface area contributed by atoms with Gasteiger partial charge in [-0.3, -0.25) is 9.52 Å². The van der Waals surface area contributed by atoms with Crippen LogP contribution < -0.4 is 4.72 Å². The second-order valence-corrected chi connectivity index (χ2v) is 10.1. The van der Waals surface area contributed by atoms with Crippen molar-refractivity contribution < 1.29 is 27.1 Å². The SMILES string of the molecule is COC(=O)c1c(S(=O)(=O)Nc2ccccc2)sc2c1CCN(C(=O)c1ccccc1F)C2. The Labute approximate surface area is 188 Å². The number of carbonyl (C=O) groups excluding carboxylic acids is 2. The van der Waals surface area contributed by atoms with Crippen molar-refractivity contribution >= 4 is 38.9 Å². The van der Waals surface area contributed by atoms with E-state index in [9.17, 15) is 22.4 Å². The van der Waals surface area contributed by atoms with Crippen LogP contribution in [-0.2, 0) is 27.7 Å². The van der Waals surface area contributed by atoms with Gasteiger partial charge >= 0.3 is 5.97 Å². The first kappa shape index (κ1) is 22.0. The van der Waals surface area contributed by atoms with Gasteiger partial charge in [0.1, 0.15) is 5.82 Å². The van der Waals surface area contributed by atoms with Crippen LogP contribution in [0.1, 0.15) is 31.2 Å². The Morgan fingerprint density at radius 2 is 1.78 bits per heavy atom. The lowest BCUT2D eigenvalue weighted by atomic mass is 10.0. The molecule has 32 heavy (non-hydrogen) atoms. The second kappa shape index (κ2) is 8.71. The number of nitrogens with zero attached hydrogens (tertiary/aromatic N) is 1. The molecule has 1 aromatic heterocycles. The maximum Gasteiger partial charge on any atom is 0.340 e. The molecule has 166 valence electrons. The van der Waals surface area contributed by atoms with Crippen molar-refractivity contribution in [1.29, 1.82) is 0 Å². The first-order valence-electron chi connectivity index (χ1n) is 9.66. The predicted molar refractivity (Wildman–Crippen MR) is 118 cm³/mol. The summed E-state index contributed by atoms with van der Waals surface area (Å²) >= 11 is 0.913. The number of methoxy groups -OCH3 is 1. The van der Waals surface area contributed by atoms with E-state index in [1.165, 1.54) is 30.2 Å². The fraction of sp³-hybridized carbons (Fsp3) is 0.182. The molecule has 0 unspecified atom stereocenters. The molecule has 1 amide bonds. The van der Waals surface area contributed by atoms with Gasteiger partial charge in [0.25, 0.3) is 15.9 Å². The van der Waals surface area contributed by atoms with Crippen LogP contribution in [0.2, 0.25) is 0 Å². The number of fused-ring (bicyclic) bond motifs is 1. The van der Waals surface area contributed by atoms with Gasteiger partial charge in [0, 0.05) is 17.1 Å². The molecule has 0 saturated heterocycles. The Hall–Kier alpha value is -3.24. The number of ether oxygens (including phenoxy) is 1. The molecule has 2 aromatic carbocycles. The summed E-state index contributed by atoms with van der Waals surface area (Å²) in [6.45, 7) is 0.282. The van der Waals surface area contributed by atoms with Crippen LogP contribution in [0.15, 0.2) is 58.8 Å². The number of sulfonamides is 1. The average Bonchev–Trinajstić information content (AvgIpc) is 3.19. The Morgan fingerprint density at radius 3 is 2.47 bits per heavy atom. The lowest BCUT2D eigenvalue weighted by Gasteiger charge is -2.27. The fourth-order valence-electron chi connectivity index (χ4n) is 3.56. The number of amides is 1. The van der Waals surface area contributed by atoms with E-state index in [0.29, 0.717) is 16.1 Å². The number of anilines is 1. The molecule has 0 atom stereocenters. The molecule has 3 aromatic rings. The third kappa shape index (κ3) is 4.11. The highest BCUT2D eigenvalue weighted by Gasteiger charge is 2.35. The smallest absolute Gasteiger partial charge is 0.340 e. The Kier molecular flexibility index (Phi) is 5.98. The summed E-state index contributed by atoms with van der Waals surface area (Å²) in [5.41, 5.74) is 0.812. The number of benzene rings is 2. The molecular weight excluding hydrogens is 455 g/mol. The van der Waals surface area contributed by atoms with Crippen LogP contribution in [0.25, 0.3) is 0 Å². The molecule has 0 spiro atoms. The van der Waals surface area contributed by atoms with E-state index < -0.39 is 27.7 Å². The van der Waals surface area contributed by atoms with Crippen molar-refractivity contribution in [2.45, 2.75) is 17.2 Å². The molecule has 7 nitrogen and oxygen atoms in total. The molecule has 2 heterocycles. The standard InChI is InChI=1S/C22H19FN2O5S2/c1-30-21(27)19-16-11-12-25(20(26)15-9-5-6-10-17(15)23)13-18(16)31-22(19)32(28,29)24-14-7-3-2-4-8-14/h2-10,24H,11-13H2,1H3. The first-order valence-corrected chi connectivity index (χ1v) is 12.0. The molecule has 0 aliphatic carbocycles. The number of thiophene rings is 1. The van der Waals surface area contributed by atoms with E-state index >= 15 is 0 Å². The molecule has 1 aliphatic rings. The molecule has 1 aliphatic heterocycles. The highest BCUT2D eigenvalue weighted by Crippen LogP contribution is 2.37. The maximum atomic E-state index is 14.1. The van der Waals surface area contributed by atoms with Gasteiger partial charge in [0.15, 0.2) is 4.21 Å². The number of hydrogen-bond acceptors (Lipinski definition) is 6. The third-order valence-electron chi connectivity index (χ3n) is 5.08. The summed E-state index contributed by atoms with van der Waals surface area (Å²) in [5.74, 6) is -1.88. The molecule has 1 N–H and O–H groups in total. The fourth-order valence-corrected chi connectivity index (χ4v) is 6.52. The number of nitrogens with one attached hydrogen (secondary N) is 1. The third-order valence-corrected chi connectivity index (χ3v) is 8.19. The largest absolute Gasteiger partial charge is 0.465 e. The summed E-state index contributed by atoms with van der Waals surface area (Å²) in [6, 6.07) is 14.0. The quantitative estimate of drug-likeness (QED) is 0.570. The van der Waals surface area contributed by atoms with Crippen molar-refractivity contribution in [2.75, 3.05) is 18.4 Å². The number of rotatable bonds is 5. The zero-order valence-corrected chi connectivity index (χ0v) is 18.6. The van der Waals surface area contributed by atoms with Crippen molar-refractivity contribution in [1.82, 2.24) is 4.90 Å². The number of carbonyl (C=O) groups is 2. The first-order chi connectivity index (χ1) is 15.3. The van der Waals surface area contributed by atoms with E-state index in [-0.39, 0.29) is 34.8 Å². The summed E-state index contributed by atoms with van der Waals surface area (Å²) in [7, 11) is -2.90. The average molecular weight is 475 g/mol. The summed E-state index contributed by atoms with van der Waals surface area (Å²) in [4.78, 5) is 27.3. The lowest BCUT2D eigenvalue weighted by molar-refractivity contribution is 0.0595. The Bertz CT molecular complexity index is 1290. The van der Waals surface area contributed by atoms with Gasteiger partial charge in [-0.2, -0.15) is 0 Å². The molecule has 0 saturated carbocycles. The van der Waals surface area contributed by atoms with Gasteiger partial charge in [-0.05, 0) is 36.2 Å². The van der Waals surface area contributed by atoms with Gasteiger partial charge in [-0.25, -0.2) is 17.6 Å². The number of esters is 1. The van der Waals surface area contributed by atoms with Gasteiger partial charge < -0.3 is 9.64 Å². The molecule has 0 radical (unpaired) electrons. The zero-order chi connectivity index (χ0) is 22.9. The maximum absolute atomic E-state index is 14.1. The van der Waals surface area contributed by atoms with Crippen LogP contribution in [0, 0.1) is 5.82 Å². The van der Waals surface area contributed by atoms with Crippen LogP contribution >= 0.6 is 11.3 Å². The zero-order valence-electron chi connectivity index (χ0n) is 17.0. The van der Waals surface area contributed by atoms with Crippen molar-refractivity contribution in [3.8, 4) is 0 Å². The van der Waals surface area contributed by atoms with Gasteiger partial charge in [0.05, 0.1) is 24.8 Å². The Balaban J connectivity index is 1.70. The van der Waals surface area contributed by atoms with E-state index in [0.717, 1.165) is 11.3 Å². The van der Waals surface area contributed by atoms with Crippen LogP contribution in [0.4, 0.5) is 10.1 Å². The normalized spacial score (nSPS) is 13.4. The van der Waals surface area contributed by atoms with Gasteiger partial charge in [-0.1, -0.05) is 30.3 Å². The number of para-hydroxylation sites is 1. The van der Waals surface area contributed by atoms with E-state index in [1.54, 1.807) is 36.4 Å². The van der Waals surface area contributed by atoms with Crippen molar-refractivity contribution in [3.05, 3.63) is 82.0 Å². The Morgan fingerprint density at radius 1 is 1.09 bits per heavy atom. The monoisotopic (exact) mass is 474 g/mol. The summed E-state index contributed by atoms with van der Waals surface area (Å²) < 4.78 is 47.4. The molecular formula is C22H19FN2O5S2. The molecule has 0 bridgehead atoms. The van der Waals surface area contributed by atoms with Gasteiger partial charge in [0.2, 0.25) is 0 Å². The van der Waals surface area contributed by atoms with E-state index in [2.05, 4.69) is 4.72 Å². The molecule has 0 fully saturated rings.